The Morgan fingerprint density at radius 3 is 2.72 bits per heavy atom. The van der Waals surface area contributed by atoms with Crippen molar-refractivity contribution in [1.82, 2.24) is 4.98 Å². The van der Waals surface area contributed by atoms with Gasteiger partial charge in [0.1, 0.15) is 0 Å². The van der Waals surface area contributed by atoms with E-state index >= 15 is 0 Å². The average Bonchev–Trinajstić information content (AvgIpc) is 2.94. The quantitative estimate of drug-likeness (QED) is 0.726. The molecule has 3 rings (SSSR count). The molecule has 1 amide bonds. The summed E-state index contributed by atoms with van der Waals surface area (Å²) in [6, 6.07) is 9.44. The molecular formula is C17H14F2N2O3S. The van der Waals surface area contributed by atoms with Gasteiger partial charge in [0, 0.05) is 11.3 Å². The number of methoxy groups -OCH3 is 1. The molecule has 0 unspecified atom stereocenters. The van der Waals surface area contributed by atoms with Gasteiger partial charge in [-0.2, -0.15) is 8.78 Å². The molecule has 1 aromatic heterocycles. The van der Waals surface area contributed by atoms with Gasteiger partial charge in [-0.05, 0) is 43.3 Å². The predicted octanol–water partition coefficient (Wildman–Crippen LogP) is 4.47. The third-order valence-electron chi connectivity index (χ3n) is 3.40. The monoisotopic (exact) mass is 364 g/mol. The Hall–Kier alpha value is -2.74. The van der Waals surface area contributed by atoms with Crippen molar-refractivity contribution in [2.75, 3.05) is 12.4 Å². The molecule has 0 saturated heterocycles. The van der Waals surface area contributed by atoms with Crippen LogP contribution in [0.2, 0.25) is 0 Å². The Labute approximate surface area is 146 Å². The number of alkyl halides is 2. The SMILES string of the molecule is COc1cc(C(=O)Nc2ccc3nc(C)sc3c2)ccc1OC(F)F. The fourth-order valence-electron chi connectivity index (χ4n) is 2.32. The van der Waals surface area contributed by atoms with E-state index in [4.69, 9.17) is 4.74 Å². The van der Waals surface area contributed by atoms with Crippen molar-refractivity contribution in [3.63, 3.8) is 0 Å². The van der Waals surface area contributed by atoms with Crippen LogP contribution in [0, 0.1) is 6.92 Å². The Balaban J connectivity index is 1.81. The molecule has 0 radical (unpaired) electrons. The summed E-state index contributed by atoms with van der Waals surface area (Å²) in [4.78, 5) is 16.8. The second-order valence-electron chi connectivity index (χ2n) is 5.11. The number of anilines is 1. The molecule has 0 spiro atoms. The Bertz CT molecular complexity index is 927. The number of hydrogen-bond donors (Lipinski definition) is 1. The van der Waals surface area contributed by atoms with E-state index in [0.29, 0.717) is 5.69 Å². The Morgan fingerprint density at radius 1 is 1.20 bits per heavy atom. The van der Waals surface area contributed by atoms with E-state index in [0.717, 1.165) is 15.2 Å². The van der Waals surface area contributed by atoms with Gasteiger partial charge in [-0.15, -0.1) is 11.3 Å². The van der Waals surface area contributed by atoms with Crippen LogP contribution in [-0.4, -0.2) is 24.6 Å². The Morgan fingerprint density at radius 2 is 2.00 bits per heavy atom. The van der Waals surface area contributed by atoms with Crippen LogP contribution in [-0.2, 0) is 0 Å². The molecule has 0 aliphatic rings. The van der Waals surface area contributed by atoms with Gasteiger partial charge in [0.15, 0.2) is 11.5 Å². The fourth-order valence-corrected chi connectivity index (χ4v) is 3.19. The zero-order chi connectivity index (χ0) is 18.0. The molecule has 0 saturated carbocycles. The van der Waals surface area contributed by atoms with Crippen molar-refractivity contribution in [2.45, 2.75) is 13.5 Å². The first-order valence-electron chi connectivity index (χ1n) is 7.27. The fraction of sp³-hybridized carbons (Fsp3) is 0.176. The van der Waals surface area contributed by atoms with E-state index in [1.807, 2.05) is 19.1 Å². The standard InChI is InChI=1S/C17H14F2N2O3S/c1-9-20-12-5-4-11(8-15(12)25-9)21-16(22)10-3-6-13(24-17(18)19)14(7-10)23-2/h3-8,17H,1-2H3,(H,21,22). The van der Waals surface area contributed by atoms with Gasteiger partial charge >= 0.3 is 6.61 Å². The van der Waals surface area contributed by atoms with Crippen molar-refractivity contribution >= 4 is 33.1 Å². The first-order valence-corrected chi connectivity index (χ1v) is 8.09. The highest BCUT2D eigenvalue weighted by Gasteiger charge is 2.14. The number of thiazole rings is 1. The minimum atomic E-state index is -2.97. The lowest BCUT2D eigenvalue weighted by Gasteiger charge is -2.11. The van der Waals surface area contributed by atoms with Gasteiger partial charge in [0.2, 0.25) is 0 Å². The highest BCUT2D eigenvalue weighted by Crippen LogP contribution is 2.30. The van der Waals surface area contributed by atoms with Crippen molar-refractivity contribution < 1.29 is 23.0 Å². The highest BCUT2D eigenvalue weighted by atomic mass is 32.1. The zero-order valence-corrected chi connectivity index (χ0v) is 14.2. The van der Waals surface area contributed by atoms with E-state index in [2.05, 4.69) is 15.0 Å². The number of amides is 1. The lowest BCUT2D eigenvalue weighted by atomic mass is 10.2. The maximum atomic E-state index is 12.4. The second kappa shape index (κ2) is 7.02. The maximum absolute atomic E-state index is 12.4. The highest BCUT2D eigenvalue weighted by molar-refractivity contribution is 7.18. The zero-order valence-electron chi connectivity index (χ0n) is 13.4. The maximum Gasteiger partial charge on any atom is 0.387 e. The molecule has 0 fully saturated rings. The van der Waals surface area contributed by atoms with Crippen LogP contribution in [0.25, 0.3) is 10.2 Å². The van der Waals surface area contributed by atoms with Crippen LogP contribution in [0.1, 0.15) is 15.4 Å². The first-order chi connectivity index (χ1) is 12.0. The van der Waals surface area contributed by atoms with Crippen LogP contribution >= 0.6 is 11.3 Å². The van der Waals surface area contributed by atoms with Crippen molar-refractivity contribution in [2.24, 2.45) is 0 Å². The normalized spacial score (nSPS) is 10.9. The molecule has 0 aliphatic heterocycles. The van der Waals surface area contributed by atoms with Gasteiger partial charge in [0.25, 0.3) is 5.91 Å². The van der Waals surface area contributed by atoms with E-state index in [1.165, 1.54) is 36.6 Å². The van der Waals surface area contributed by atoms with Crippen LogP contribution in [0.15, 0.2) is 36.4 Å². The van der Waals surface area contributed by atoms with Crippen molar-refractivity contribution in [3.05, 3.63) is 47.0 Å². The molecule has 3 aromatic rings. The summed E-state index contributed by atoms with van der Waals surface area (Å²) >= 11 is 1.53. The second-order valence-corrected chi connectivity index (χ2v) is 6.35. The minimum Gasteiger partial charge on any atom is -0.493 e. The largest absolute Gasteiger partial charge is 0.493 e. The Kier molecular flexibility index (Phi) is 4.80. The number of carbonyl (C=O) groups excluding carboxylic acids is 1. The number of ether oxygens (including phenoxy) is 2. The van der Waals surface area contributed by atoms with Crippen LogP contribution < -0.4 is 14.8 Å². The lowest BCUT2D eigenvalue weighted by Crippen LogP contribution is -2.12. The number of nitrogens with one attached hydrogen (secondary N) is 1. The van der Waals surface area contributed by atoms with E-state index < -0.39 is 6.61 Å². The molecule has 0 bridgehead atoms. The average molecular weight is 364 g/mol. The molecular weight excluding hydrogens is 350 g/mol. The number of hydrogen-bond acceptors (Lipinski definition) is 5. The lowest BCUT2D eigenvalue weighted by molar-refractivity contribution is -0.0512. The summed E-state index contributed by atoms with van der Waals surface area (Å²) < 4.78 is 35.0. The molecule has 8 heteroatoms. The number of aryl methyl sites for hydroxylation is 1. The molecule has 2 aromatic carbocycles. The number of carbonyl (C=O) groups is 1. The van der Waals surface area contributed by atoms with E-state index in [-0.39, 0.29) is 23.0 Å². The number of nitrogens with zero attached hydrogens (tertiary/aromatic N) is 1. The number of halogens is 2. The van der Waals surface area contributed by atoms with Gasteiger partial charge in [-0.3, -0.25) is 4.79 Å². The predicted molar refractivity (Wildman–Crippen MR) is 91.9 cm³/mol. The van der Waals surface area contributed by atoms with Gasteiger partial charge in [-0.25, -0.2) is 4.98 Å². The van der Waals surface area contributed by atoms with Crippen LogP contribution in [0.4, 0.5) is 14.5 Å². The summed E-state index contributed by atoms with van der Waals surface area (Å²) in [6.45, 7) is -1.05. The molecule has 130 valence electrons. The third kappa shape index (κ3) is 3.85. The third-order valence-corrected chi connectivity index (χ3v) is 4.33. The van der Waals surface area contributed by atoms with Gasteiger partial charge < -0.3 is 14.8 Å². The summed E-state index contributed by atoms with van der Waals surface area (Å²) in [6.07, 6.45) is 0. The number of fused-ring (bicyclic) bond motifs is 1. The van der Waals surface area contributed by atoms with Crippen LogP contribution in [0.5, 0.6) is 11.5 Å². The molecule has 25 heavy (non-hydrogen) atoms. The first kappa shape index (κ1) is 17.1. The minimum absolute atomic E-state index is 0.0569. The molecule has 1 N–H and O–H groups in total. The van der Waals surface area contributed by atoms with Crippen molar-refractivity contribution in [1.29, 1.82) is 0 Å². The number of benzene rings is 2. The number of aromatic nitrogens is 1. The van der Waals surface area contributed by atoms with Crippen LogP contribution in [0.3, 0.4) is 0 Å². The van der Waals surface area contributed by atoms with Gasteiger partial charge in [0.05, 0.1) is 22.3 Å². The topological polar surface area (TPSA) is 60.5 Å². The summed E-state index contributed by atoms with van der Waals surface area (Å²) in [7, 11) is 1.31. The molecule has 5 nitrogen and oxygen atoms in total. The summed E-state index contributed by atoms with van der Waals surface area (Å²) in [5.74, 6) is -0.459. The molecule has 0 aliphatic carbocycles. The van der Waals surface area contributed by atoms with Gasteiger partial charge in [-0.1, -0.05) is 0 Å². The molecule has 0 atom stereocenters. The van der Waals surface area contributed by atoms with Crippen molar-refractivity contribution in [3.8, 4) is 11.5 Å². The van der Waals surface area contributed by atoms with E-state index in [9.17, 15) is 13.6 Å². The summed E-state index contributed by atoms with van der Waals surface area (Å²) in [5.41, 5.74) is 1.75. The molecule has 1 heterocycles. The smallest absolute Gasteiger partial charge is 0.387 e. The summed E-state index contributed by atoms with van der Waals surface area (Å²) in [5, 5.41) is 3.71. The van der Waals surface area contributed by atoms with E-state index in [1.54, 1.807) is 6.07 Å². The number of rotatable bonds is 5.